The van der Waals surface area contributed by atoms with E-state index in [9.17, 15) is 4.39 Å². The van der Waals surface area contributed by atoms with Crippen molar-refractivity contribution in [2.75, 3.05) is 6.54 Å². The summed E-state index contributed by atoms with van der Waals surface area (Å²) in [5.74, 6) is 0.763. The van der Waals surface area contributed by atoms with Crippen LogP contribution in [-0.4, -0.2) is 16.5 Å². The lowest BCUT2D eigenvalue weighted by molar-refractivity contribution is 0.620. The lowest BCUT2D eigenvalue weighted by atomic mass is 10.2. The second kappa shape index (κ2) is 3.62. The van der Waals surface area contributed by atoms with Crippen LogP contribution in [0.1, 0.15) is 24.2 Å². The van der Waals surface area contributed by atoms with Crippen molar-refractivity contribution in [2.24, 2.45) is 5.73 Å². The maximum absolute atomic E-state index is 13.3. The van der Waals surface area contributed by atoms with Crippen LogP contribution < -0.4 is 5.73 Å². The average Bonchev–Trinajstić information content (AvgIpc) is 2.60. The number of hydrogen-bond donors (Lipinski definition) is 2. The van der Waals surface area contributed by atoms with E-state index in [2.05, 4.69) is 9.97 Å². The van der Waals surface area contributed by atoms with Gasteiger partial charge in [-0.15, -0.1) is 0 Å². The summed E-state index contributed by atoms with van der Waals surface area (Å²) in [5.41, 5.74) is 7.70. The highest BCUT2D eigenvalue weighted by Crippen LogP contribution is 2.19. The zero-order valence-corrected chi connectivity index (χ0v) is 8.84. The van der Waals surface area contributed by atoms with Crippen molar-refractivity contribution in [1.29, 1.82) is 0 Å². The monoisotopic (exact) mass is 207 g/mol. The van der Waals surface area contributed by atoms with E-state index < -0.39 is 0 Å². The number of nitrogens with zero attached hydrogens (tertiary/aromatic N) is 1. The van der Waals surface area contributed by atoms with Gasteiger partial charge in [0.1, 0.15) is 11.6 Å². The van der Waals surface area contributed by atoms with E-state index in [0.717, 1.165) is 11.3 Å². The summed E-state index contributed by atoms with van der Waals surface area (Å²) in [7, 11) is 0. The van der Waals surface area contributed by atoms with Crippen LogP contribution in [0.5, 0.6) is 0 Å². The number of halogens is 1. The van der Waals surface area contributed by atoms with Crippen molar-refractivity contribution in [3.05, 3.63) is 29.3 Å². The maximum Gasteiger partial charge on any atom is 0.128 e. The van der Waals surface area contributed by atoms with Gasteiger partial charge in [-0.25, -0.2) is 9.37 Å². The molecule has 0 aliphatic rings. The molecular formula is C11H14FN3. The molecule has 0 saturated heterocycles. The highest BCUT2D eigenvalue weighted by Gasteiger charge is 2.10. The van der Waals surface area contributed by atoms with Crippen molar-refractivity contribution in [3.63, 3.8) is 0 Å². The number of benzene rings is 1. The van der Waals surface area contributed by atoms with Crippen LogP contribution in [0, 0.1) is 12.7 Å². The molecule has 0 radical (unpaired) electrons. The molecule has 0 aliphatic carbocycles. The van der Waals surface area contributed by atoms with Crippen LogP contribution in [0.25, 0.3) is 11.0 Å². The minimum absolute atomic E-state index is 0.167. The van der Waals surface area contributed by atoms with Crippen molar-refractivity contribution in [1.82, 2.24) is 9.97 Å². The predicted octanol–water partition coefficient (Wildman–Crippen LogP) is 2.07. The Morgan fingerprint density at radius 2 is 2.27 bits per heavy atom. The van der Waals surface area contributed by atoms with Crippen LogP contribution in [0.15, 0.2) is 12.1 Å². The first-order valence-electron chi connectivity index (χ1n) is 4.97. The number of nitrogens with two attached hydrogens (primary N) is 1. The van der Waals surface area contributed by atoms with Crippen molar-refractivity contribution in [2.45, 2.75) is 19.8 Å². The number of aromatic nitrogens is 2. The van der Waals surface area contributed by atoms with Gasteiger partial charge in [0, 0.05) is 18.5 Å². The molecule has 0 bridgehead atoms. The highest BCUT2D eigenvalue weighted by atomic mass is 19.1. The van der Waals surface area contributed by atoms with Crippen LogP contribution in [-0.2, 0) is 0 Å². The van der Waals surface area contributed by atoms with Crippen LogP contribution in [0.3, 0.4) is 0 Å². The number of fused-ring (bicyclic) bond motifs is 1. The van der Waals surface area contributed by atoms with E-state index in [4.69, 9.17) is 5.73 Å². The molecule has 1 aromatic carbocycles. The number of imidazole rings is 1. The lowest BCUT2D eigenvalue weighted by Gasteiger charge is -2.01. The van der Waals surface area contributed by atoms with Gasteiger partial charge >= 0.3 is 0 Å². The van der Waals surface area contributed by atoms with Crippen LogP contribution in [0.4, 0.5) is 4.39 Å². The SMILES string of the molecule is Cc1cc2[nH]c(C(C)CN)nc2cc1F. The van der Waals surface area contributed by atoms with Gasteiger partial charge in [-0.3, -0.25) is 0 Å². The first-order chi connectivity index (χ1) is 7.11. The summed E-state index contributed by atoms with van der Waals surface area (Å²) in [6, 6.07) is 3.22. The number of aryl methyl sites for hydroxylation is 1. The molecule has 1 atom stereocenters. The Bertz CT molecular complexity index is 451. The van der Waals surface area contributed by atoms with Gasteiger partial charge in [0.2, 0.25) is 0 Å². The molecule has 1 aromatic heterocycles. The quantitative estimate of drug-likeness (QED) is 0.792. The Balaban J connectivity index is 2.56. The molecular weight excluding hydrogens is 193 g/mol. The van der Waals surface area contributed by atoms with Gasteiger partial charge in [0.25, 0.3) is 0 Å². The fourth-order valence-electron chi connectivity index (χ4n) is 1.50. The van der Waals surface area contributed by atoms with Gasteiger partial charge in [-0.2, -0.15) is 0 Å². The molecule has 80 valence electrons. The molecule has 3 nitrogen and oxygen atoms in total. The molecule has 2 rings (SSSR count). The summed E-state index contributed by atoms with van der Waals surface area (Å²) in [6.45, 7) is 4.25. The minimum Gasteiger partial charge on any atom is -0.342 e. The summed E-state index contributed by atoms with van der Waals surface area (Å²) < 4.78 is 13.3. The van der Waals surface area contributed by atoms with Crippen LogP contribution >= 0.6 is 0 Å². The van der Waals surface area contributed by atoms with E-state index in [1.54, 1.807) is 13.0 Å². The Labute approximate surface area is 87.5 Å². The third kappa shape index (κ3) is 1.72. The zero-order valence-electron chi connectivity index (χ0n) is 8.84. The third-order valence-corrected chi connectivity index (χ3v) is 2.60. The fourth-order valence-corrected chi connectivity index (χ4v) is 1.50. The Kier molecular flexibility index (Phi) is 2.44. The molecule has 0 amide bonds. The first kappa shape index (κ1) is 10.1. The summed E-state index contributed by atoms with van der Waals surface area (Å²) in [6.07, 6.45) is 0. The van der Waals surface area contributed by atoms with E-state index in [1.165, 1.54) is 6.07 Å². The molecule has 1 heterocycles. The zero-order chi connectivity index (χ0) is 11.0. The molecule has 0 fully saturated rings. The number of rotatable bonds is 2. The summed E-state index contributed by atoms with van der Waals surface area (Å²) in [4.78, 5) is 7.47. The Hall–Kier alpha value is -1.42. The molecule has 0 aliphatic heterocycles. The number of nitrogens with one attached hydrogen (secondary N) is 1. The highest BCUT2D eigenvalue weighted by molar-refractivity contribution is 5.76. The third-order valence-electron chi connectivity index (χ3n) is 2.60. The Morgan fingerprint density at radius 1 is 1.53 bits per heavy atom. The van der Waals surface area contributed by atoms with Gasteiger partial charge in [-0.1, -0.05) is 6.92 Å². The van der Waals surface area contributed by atoms with Gasteiger partial charge in [0.05, 0.1) is 11.0 Å². The molecule has 4 heteroatoms. The van der Waals surface area contributed by atoms with E-state index in [0.29, 0.717) is 17.6 Å². The lowest BCUT2D eigenvalue weighted by Crippen LogP contribution is -2.10. The summed E-state index contributed by atoms with van der Waals surface area (Å²) in [5, 5.41) is 0. The second-order valence-corrected chi connectivity index (χ2v) is 3.88. The maximum atomic E-state index is 13.3. The largest absolute Gasteiger partial charge is 0.342 e. The molecule has 3 N–H and O–H groups in total. The molecule has 1 unspecified atom stereocenters. The normalized spacial score (nSPS) is 13.3. The molecule has 2 aromatic rings. The van der Waals surface area contributed by atoms with Crippen molar-refractivity contribution >= 4 is 11.0 Å². The van der Waals surface area contributed by atoms with E-state index in [-0.39, 0.29) is 11.7 Å². The van der Waals surface area contributed by atoms with Gasteiger partial charge in [-0.05, 0) is 18.6 Å². The minimum atomic E-state index is -0.221. The van der Waals surface area contributed by atoms with E-state index in [1.807, 2.05) is 6.92 Å². The molecule has 15 heavy (non-hydrogen) atoms. The number of H-pyrrole nitrogens is 1. The Morgan fingerprint density at radius 3 is 2.93 bits per heavy atom. The number of aromatic amines is 1. The summed E-state index contributed by atoms with van der Waals surface area (Å²) >= 11 is 0. The second-order valence-electron chi connectivity index (χ2n) is 3.88. The van der Waals surface area contributed by atoms with Crippen molar-refractivity contribution in [3.8, 4) is 0 Å². The number of hydrogen-bond acceptors (Lipinski definition) is 2. The van der Waals surface area contributed by atoms with Gasteiger partial charge < -0.3 is 10.7 Å². The first-order valence-corrected chi connectivity index (χ1v) is 4.97. The topological polar surface area (TPSA) is 54.7 Å². The smallest absolute Gasteiger partial charge is 0.128 e. The average molecular weight is 207 g/mol. The standard InChI is InChI=1S/C11H14FN3/c1-6-3-9-10(4-8(6)12)15-11(14-9)7(2)5-13/h3-4,7H,5,13H2,1-2H3,(H,14,15). The molecule has 0 spiro atoms. The fraction of sp³-hybridized carbons (Fsp3) is 0.364. The predicted molar refractivity (Wildman–Crippen MR) is 58.3 cm³/mol. The van der Waals surface area contributed by atoms with Crippen molar-refractivity contribution < 1.29 is 4.39 Å². The van der Waals surface area contributed by atoms with Crippen LogP contribution in [0.2, 0.25) is 0 Å². The van der Waals surface area contributed by atoms with E-state index >= 15 is 0 Å². The van der Waals surface area contributed by atoms with Gasteiger partial charge in [0.15, 0.2) is 0 Å². The molecule has 0 saturated carbocycles.